The van der Waals surface area contributed by atoms with E-state index in [1.54, 1.807) is 28.8 Å². The van der Waals surface area contributed by atoms with E-state index < -0.39 is 0 Å². The first-order valence-corrected chi connectivity index (χ1v) is 8.91. The zero-order valence-electron chi connectivity index (χ0n) is 13.4. The van der Waals surface area contributed by atoms with E-state index >= 15 is 0 Å². The second-order valence-corrected chi connectivity index (χ2v) is 6.55. The zero-order chi connectivity index (χ0) is 16.5. The maximum Gasteiger partial charge on any atom is 0.223 e. The van der Waals surface area contributed by atoms with Crippen LogP contribution in [0.3, 0.4) is 0 Å². The van der Waals surface area contributed by atoms with Crippen molar-refractivity contribution in [1.82, 2.24) is 4.90 Å². The van der Waals surface area contributed by atoms with Gasteiger partial charge in [0.1, 0.15) is 5.82 Å². The lowest BCUT2D eigenvalue weighted by atomic mass is 10.1. The Kier molecular flexibility index (Phi) is 7.14. The summed E-state index contributed by atoms with van der Waals surface area (Å²) >= 11 is 1.59. The Morgan fingerprint density at radius 3 is 2.52 bits per heavy atom. The number of thioether (sulfide) groups is 1. The van der Waals surface area contributed by atoms with Crippen LogP contribution >= 0.6 is 11.8 Å². The van der Waals surface area contributed by atoms with Gasteiger partial charge in [0, 0.05) is 31.5 Å². The van der Waals surface area contributed by atoms with E-state index in [4.69, 9.17) is 0 Å². The fourth-order valence-corrected chi connectivity index (χ4v) is 3.13. The molecule has 0 bridgehead atoms. The minimum Gasteiger partial charge on any atom is -0.345 e. The van der Waals surface area contributed by atoms with Crippen LogP contribution in [0, 0.1) is 5.82 Å². The Balaban J connectivity index is 1.65. The number of rotatable bonds is 8. The van der Waals surface area contributed by atoms with E-state index in [0.717, 1.165) is 13.0 Å². The molecule has 0 N–H and O–H groups in total. The molecule has 0 spiro atoms. The zero-order valence-corrected chi connectivity index (χ0v) is 14.2. The number of hydrogen-bond acceptors (Lipinski definition) is 2. The smallest absolute Gasteiger partial charge is 0.223 e. The van der Waals surface area contributed by atoms with Gasteiger partial charge in [0.25, 0.3) is 0 Å². The summed E-state index contributed by atoms with van der Waals surface area (Å²) in [5.41, 5.74) is 1.93. The minimum atomic E-state index is -0.175. The second kappa shape index (κ2) is 9.36. The maximum absolute atomic E-state index is 13.5. The highest BCUT2D eigenvalue weighted by molar-refractivity contribution is 7.98. The molecule has 0 atom stereocenters. The van der Waals surface area contributed by atoms with Gasteiger partial charge >= 0.3 is 0 Å². The normalized spacial score (nSPS) is 10.5. The molecule has 0 aliphatic heterocycles. The number of hydrogen-bond donors (Lipinski definition) is 0. The molecule has 4 heteroatoms. The van der Waals surface area contributed by atoms with E-state index in [-0.39, 0.29) is 11.7 Å². The summed E-state index contributed by atoms with van der Waals surface area (Å²) in [6, 6.07) is 16.9. The molecule has 1 amide bonds. The molecule has 0 fully saturated rings. The molecule has 0 saturated heterocycles. The average molecular weight is 331 g/mol. The molecule has 0 aromatic heterocycles. The van der Waals surface area contributed by atoms with E-state index in [1.807, 2.05) is 31.3 Å². The molecule has 122 valence electrons. The Bertz CT molecular complexity index is 618. The van der Waals surface area contributed by atoms with E-state index in [0.29, 0.717) is 23.5 Å². The van der Waals surface area contributed by atoms with Crippen LogP contribution in [0.2, 0.25) is 0 Å². The van der Waals surface area contributed by atoms with Crippen LogP contribution in [0.5, 0.6) is 0 Å². The summed E-state index contributed by atoms with van der Waals surface area (Å²) in [6.45, 7) is 0.723. The Morgan fingerprint density at radius 1 is 1.09 bits per heavy atom. The third-order valence-electron chi connectivity index (χ3n) is 3.68. The topological polar surface area (TPSA) is 20.3 Å². The maximum atomic E-state index is 13.5. The van der Waals surface area contributed by atoms with Gasteiger partial charge in [-0.1, -0.05) is 48.5 Å². The van der Waals surface area contributed by atoms with E-state index in [2.05, 4.69) is 12.1 Å². The predicted molar refractivity (Wildman–Crippen MR) is 95.0 cm³/mol. The van der Waals surface area contributed by atoms with Crippen LogP contribution in [0.1, 0.15) is 17.5 Å². The lowest BCUT2D eigenvalue weighted by Crippen LogP contribution is -2.29. The Morgan fingerprint density at radius 2 is 1.78 bits per heavy atom. The fourth-order valence-electron chi connectivity index (χ4n) is 2.21. The van der Waals surface area contributed by atoms with Crippen molar-refractivity contribution in [2.45, 2.75) is 18.6 Å². The number of amides is 1. The van der Waals surface area contributed by atoms with Crippen LogP contribution in [0.25, 0.3) is 0 Å². The minimum absolute atomic E-state index is 0.141. The van der Waals surface area contributed by atoms with Crippen molar-refractivity contribution in [2.75, 3.05) is 19.3 Å². The van der Waals surface area contributed by atoms with Gasteiger partial charge in [-0.2, -0.15) is 11.8 Å². The third-order valence-corrected chi connectivity index (χ3v) is 4.69. The number of halogens is 1. The van der Waals surface area contributed by atoms with Crippen LogP contribution in [-0.2, 0) is 17.0 Å². The number of nitrogens with zero attached hydrogens (tertiary/aromatic N) is 1. The van der Waals surface area contributed by atoms with Crippen molar-refractivity contribution in [3.05, 3.63) is 71.5 Å². The summed E-state index contributed by atoms with van der Waals surface area (Å²) < 4.78 is 13.5. The van der Waals surface area contributed by atoms with Crippen molar-refractivity contribution in [3.8, 4) is 0 Å². The molecule has 0 aliphatic carbocycles. The molecule has 2 rings (SSSR count). The van der Waals surface area contributed by atoms with Gasteiger partial charge in [-0.3, -0.25) is 4.79 Å². The van der Waals surface area contributed by atoms with Crippen molar-refractivity contribution in [1.29, 1.82) is 0 Å². The van der Waals surface area contributed by atoms with Crippen LogP contribution in [0.4, 0.5) is 4.39 Å². The SMILES string of the molecule is CN(CCc1ccccc1)C(=O)CCSCc1ccccc1F. The van der Waals surface area contributed by atoms with Gasteiger partial charge in [0.2, 0.25) is 5.91 Å². The predicted octanol–water partition coefficient (Wildman–Crippen LogP) is 4.15. The molecule has 2 aromatic carbocycles. The van der Waals surface area contributed by atoms with E-state index in [9.17, 15) is 9.18 Å². The van der Waals surface area contributed by atoms with Crippen molar-refractivity contribution in [2.24, 2.45) is 0 Å². The van der Waals surface area contributed by atoms with Gasteiger partial charge in [0.05, 0.1) is 0 Å². The monoisotopic (exact) mass is 331 g/mol. The number of likely N-dealkylation sites (N-methyl/N-ethyl adjacent to an activating group) is 1. The van der Waals surface area contributed by atoms with Crippen LogP contribution in [-0.4, -0.2) is 30.2 Å². The lowest BCUT2D eigenvalue weighted by molar-refractivity contribution is -0.129. The average Bonchev–Trinajstić information content (AvgIpc) is 2.58. The number of benzene rings is 2. The van der Waals surface area contributed by atoms with Crippen LogP contribution < -0.4 is 0 Å². The van der Waals surface area contributed by atoms with Gasteiger partial charge in [-0.05, 0) is 23.6 Å². The van der Waals surface area contributed by atoms with Gasteiger partial charge < -0.3 is 4.90 Å². The molecule has 0 aliphatic rings. The van der Waals surface area contributed by atoms with Crippen molar-refractivity contribution >= 4 is 17.7 Å². The Labute approximate surface area is 141 Å². The highest BCUT2D eigenvalue weighted by atomic mass is 32.2. The van der Waals surface area contributed by atoms with Crippen molar-refractivity contribution in [3.63, 3.8) is 0 Å². The molecular weight excluding hydrogens is 309 g/mol. The van der Waals surface area contributed by atoms with Gasteiger partial charge in [-0.15, -0.1) is 0 Å². The molecule has 0 unspecified atom stereocenters. The van der Waals surface area contributed by atoms with Gasteiger partial charge in [0.15, 0.2) is 0 Å². The second-order valence-electron chi connectivity index (χ2n) is 5.44. The number of carbonyl (C=O) groups excluding carboxylic acids is 1. The lowest BCUT2D eigenvalue weighted by Gasteiger charge is -2.17. The molecule has 0 heterocycles. The Hall–Kier alpha value is -1.81. The first kappa shape index (κ1) is 17.5. The summed E-state index contributed by atoms with van der Waals surface area (Å²) in [7, 11) is 1.84. The molecule has 0 radical (unpaired) electrons. The fraction of sp³-hybridized carbons (Fsp3) is 0.316. The highest BCUT2D eigenvalue weighted by Gasteiger charge is 2.09. The van der Waals surface area contributed by atoms with E-state index in [1.165, 1.54) is 11.6 Å². The molecule has 0 saturated carbocycles. The largest absolute Gasteiger partial charge is 0.345 e. The summed E-state index contributed by atoms with van der Waals surface area (Å²) in [5, 5.41) is 0. The third kappa shape index (κ3) is 6.06. The summed E-state index contributed by atoms with van der Waals surface area (Å²) in [4.78, 5) is 13.9. The first-order valence-electron chi connectivity index (χ1n) is 7.76. The van der Waals surface area contributed by atoms with Gasteiger partial charge in [-0.25, -0.2) is 4.39 Å². The standard InChI is InChI=1S/C19H22FNOS/c1-21(13-11-16-7-3-2-4-8-16)19(22)12-14-23-15-17-9-5-6-10-18(17)20/h2-10H,11-15H2,1H3. The van der Waals surface area contributed by atoms with Crippen LogP contribution in [0.15, 0.2) is 54.6 Å². The molecular formula is C19H22FNOS. The summed E-state index contributed by atoms with van der Waals surface area (Å²) in [6.07, 6.45) is 1.36. The molecule has 2 nitrogen and oxygen atoms in total. The number of carbonyl (C=O) groups is 1. The quantitative estimate of drug-likeness (QED) is 0.677. The first-order chi connectivity index (χ1) is 11.2. The molecule has 23 heavy (non-hydrogen) atoms. The highest BCUT2D eigenvalue weighted by Crippen LogP contribution is 2.16. The summed E-state index contributed by atoms with van der Waals surface area (Å²) in [5.74, 6) is 1.28. The molecule has 2 aromatic rings. The van der Waals surface area contributed by atoms with Crippen molar-refractivity contribution < 1.29 is 9.18 Å².